The molecule has 0 aliphatic heterocycles. The highest BCUT2D eigenvalue weighted by molar-refractivity contribution is 6.40. The molecule has 3 aromatic carbocycles. The van der Waals surface area contributed by atoms with Crippen LogP contribution in [0, 0.1) is 0 Å². The van der Waals surface area contributed by atoms with Gasteiger partial charge in [0.15, 0.2) is 0 Å². The summed E-state index contributed by atoms with van der Waals surface area (Å²) in [5.74, 6) is -2.29. The molecule has 1 heterocycles. The number of urea groups is 1. The first kappa shape index (κ1) is 26.5. The van der Waals surface area contributed by atoms with E-state index in [0.29, 0.717) is 29.9 Å². The van der Waals surface area contributed by atoms with Gasteiger partial charge in [0.25, 0.3) is 5.78 Å². The number of carboxylic acids is 1. The lowest BCUT2D eigenvalue weighted by atomic mass is 9.79. The number of nitrogens with zero attached hydrogens (tertiary/aromatic N) is 4. The molecular weight excluding hydrogens is 504 g/mol. The second-order valence-electron chi connectivity index (χ2n) is 9.44. The molecule has 0 radical (unpaired) electrons. The van der Waals surface area contributed by atoms with Crippen molar-refractivity contribution in [3.63, 3.8) is 0 Å². The number of aromatic nitrogens is 1. The molecule has 4 aromatic rings. The maximum absolute atomic E-state index is 14.1. The Labute approximate surface area is 232 Å². The summed E-state index contributed by atoms with van der Waals surface area (Å²) in [5, 5.41) is 15.3. The van der Waals surface area contributed by atoms with Crippen molar-refractivity contribution in [3.05, 3.63) is 120 Å². The number of amides is 2. The zero-order chi connectivity index (χ0) is 27.9. The van der Waals surface area contributed by atoms with E-state index in [9.17, 15) is 19.5 Å². The Bertz CT molecular complexity index is 1490. The summed E-state index contributed by atoms with van der Waals surface area (Å²) in [7, 11) is 0. The van der Waals surface area contributed by atoms with E-state index in [0.717, 1.165) is 24.0 Å². The first-order valence-corrected chi connectivity index (χ1v) is 13.1. The average molecular weight is 533 g/mol. The van der Waals surface area contributed by atoms with Gasteiger partial charge >= 0.3 is 12.0 Å². The van der Waals surface area contributed by atoms with E-state index in [-0.39, 0.29) is 17.5 Å². The number of carbonyl (C=O) groups excluding carboxylic acids is 2. The minimum Gasteiger partial charge on any atom is -0.475 e. The van der Waals surface area contributed by atoms with Crippen molar-refractivity contribution in [1.82, 2.24) is 4.98 Å². The van der Waals surface area contributed by atoms with Gasteiger partial charge in [-0.1, -0.05) is 54.6 Å². The van der Waals surface area contributed by atoms with Crippen molar-refractivity contribution in [1.29, 1.82) is 0 Å². The van der Waals surface area contributed by atoms with Crippen LogP contribution in [0.15, 0.2) is 108 Å². The van der Waals surface area contributed by atoms with Gasteiger partial charge in [0.2, 0.25) is 0 Å². The van der Waals surface area contributed by atoms with Gasteiger partial charge in [-0.15, -0.1) is 0 Å². The molecular formula is C32H28N4O4. The van der Waals surface area contributed by atoms with Crippen molar-refractivity contribution in [2.75, 3.05) is 9.91 Å². The number of aliphatic carboxylic acids is 1. The maximum atomic E-state index is 14.1. The summed E-state index contributed by atoms with van der Waals surface area (Å²) >= 11 is 0. The van der Waals surface area contributed by atoms with Gasteiger partial charge in [0.1, 0.15) is 0 Å². The number of ketones is 1. The van der Waals surface area contributed by atoms with Gasteiger partial charge in [-0.25, -0.2) is 9.59 Å². The summed E-state index contributed by atoms with van der Waals surface area (Å²) < 4.78 is 0. The number of fused-ring (bicyclic) bond motifs is 1. The fourth-order valence-corrected chi connectivity index (χ4v) is 5.10. The molecule has 200 valence electrons. The highest BCUT2D eigenvalue weighted by Crippen LogP contribution is 2.36. The maximum Gasteiger partial charge on any atom is 0.377 e. The first-order valence-electron chi connectivity index (χ1n) is 13.1. The molecule has 0 saturated heterocycles. The van der Waals surface area contributed by atoms with Crippen LogP contribution in [0.25, 0.3) is 0 Å². The van der Waals surface area contributed by atoms with Crippen molar-refractivity contribution in [2.45, 2.75) is 31.6 Å². The van der Waals surface area contributed by atoms with Gasteiger partial charge in [-0.3, -0.25) is 14.7 Å². The van der Waals surface area contributed by atoms with Crippen molar-refractivity contribution in [2.24, 2.45) is 5.10 Å². The lowest BCUT2D eigenvalue weighted by Gasteiger charge is -2.28. The summed E-state index contributed by atoms with van der Waals surface area (Å²) in [6.45, 7) is 0. The largest absolute Gasteiger partial charge is 0.475 e. The van der Waals surface area contributed by atoms with Crippen LogP contribution in [0.1, 0.15) is 46.7 Å². The molecule has 1 unspecified atom stereocenters. The Balaban J connectivity index is 1.46. The van der Waals surface area contributed by atoms with Crippen LogP contribution in [0.5, 0.6) is 0 Å². The third-order valence-electron chi connectivity index (χ3n) is 6.95. The fourth-order valence-electron chi connectivity index (χ4n) is 5.10. The molecule has 1 N–H and O–H groups in total. The molecule has 0 bridgehead atoms. The number of rotatable bonds is 8. The van der Waals surface area contributed by atoms with E-state index in [1.54, 1.807) is 41.7 Å². The molecule has 1 aliphatic rings. The molecule has 0 saturated carbocycles. The van der Waals surface area contributed by atoms with Gasteiger partial charge < -0.3 is 5.11 Å². The zero-order valence-corrected chi connectivity index (χ0v) is 21.8. The third kappa shape index (κ3) is 5.66. The van der Waals surface area contributed by atoms with Gasteiger partial charge in [0.05, 0.1) is 23.3 Å². The minimum atomic E-state index is -1.45. The summed E-state index contributed by atoms with van der Waals surface area (Å²) in [5.41, 5.74) is 3.89. The normalized spacial score (nSPS) is 14.3. The second-order valence-corrected chi connectivity index (χ2v) is 9.44. The quantitative estimate of drug-likeness (QED) is 0.119. The van der Waals surface area contributed by atoms with Gasteiger partial charge in [0, 0.05) is 18.0 Å². The standard InChI is InChI=1S/C32H28N4O4/c37-30(31(38)39)29-18-8-16-27-23(10-7-17-28(27)29)19-21-34-36(25-13-5-2-6-14-25)32(40)35(24-11-3-1-4-12-24)26-15-9-20-33-22-26/h1-6,8-9,11-16,18,20-23H,7,10,17,19H2,(H,38,39). The summed E-state index contributed by atoms with van der Waals surface area (Å²) in [6.07, 6.45) is 7.89. The molecule has 1 atom stereocenters. The van der Waals surface area contributed by atoms with E-state index in [1.165, 1.54) is 5.01 Å². The smallest absolute Gasteiger partial charge is 0.377 e. The topological polar surface area (TPSA) is 103 Å². The third-order valence-corrected chi connectivity index (χ3v) is 6.95. The number of hydrazone groups is 1. The predicted octanol–water partition coefficient (Wildman–Crippen LogP) is 6.61. The molecule has 40 heavy (non-hydrogen) atoms. The minimum absolute atomic E-state index is 0.0466. The van der Waals surface area contributed by atoms with E-state index >= 15 is 0 Å². The SMILES string of the molecule is O=C(O)C(=O)c1cccc2c1CCCC2CC=NN(C(=O)N(c1ccccc1)c1cccnc1)c1ccccc1. The molecule has 1 aliphatic carbocycles. The average Bonchev–Trinajstić information content (AvgIpc) is 3.00. The first-order chi connectivity index (χ1) is 19.5. The number of anilines is 3. The molecule has 8 nitrogen and oxygen atoms in total. The summed E-state index contributed by atoms with van der Waals surface area (Å²) in [6, 6.07) is 27.0. The van der Waals surface area contributed by atoms with E-state index < -0.39 is 11.8 Å². The van der Waals surface area contributed by atoms with Gasteiger partial charge in [-0.05, 0) is 79.1 Å². The van der Waals surface area contributed by atoms with Crippen LogP contribution in [0.4, 0.5) is 21.9 Å². The van der Waals surface area contributed by atoms with Crippen molar-refractivity contribution >= 4 is 41.1 Å². The van der Waals surface area contributed by atoms with E-state index in [2.05, 4.69) is 10.1 Å². The second kappa shape index (κ2) is 12.2. The number of hydrogen-bond donors (Lipinski definition) is 1. The number of para-hydroxylation sites is 2. The highest BCUT2D eigenvalue weighted by Gasteiger charge is 2.28. The molecule has 8 heteroatoms. The Morgan fingerprint density at radius 1 is 0.875 bits per heavy atom. The van der Waals surface area contributed by atoms with E-state index in [4.69, 9.17) is 0 Å². The number of pyridine rings is 1. The van der Waals surface area contributed by atoms with Crippen LogP contribution in [-0.4, -0.2) is 34.1 Å². The Morgan fingerprint density at radius 2 is 1.57 bits per heavy atom. The van der Waals surface area contributed by atoms with Gasteiger partial charge in [-0.2, -0.15) is 10.1 Å². The number of benzene rings is 3. The molecule has 0 spiro atoms. The van der Waals surface area contributed by atoms with Crippen LogP contribution < -0.4 is 9.91 Å². The van der Waals surface area contributed by atoms with Crippen LogP contribution in [0.3, 0.4) is 0 Å². The lowest BCUT2D eigenvalue weighted by Crippen LogP contribution is -2.38. The Morgan fingerprint density at radius 3 is 2.25 bits per heavy atom. The number of Topliss-reactive ketones (excluding diaryl/α,β-unsaturated/α-hetero) is 1. The Hall–Kier alpha value is -5.11. The molecule has 0 fully saturated rings. The molecule has 1 aromatic heterocycles. The van der Waals surface area contributed by atoms with Crippen LogP contribution in [-0.2, 0) is 11.2 Å². The monoisotopic (exact) mass is 532 g/mol. The predicted molar refractivity (Wildman–Crippen MR) is 154 cm³/mol. The lowest BCUT2D eigenvalue weighted by molar-refractivity contribution is -0.131. The van der Waals surface area contributed by atoms with E-state index in [1.807, 2.05) is 72.8 Å². The number of carboxylic acid groups (broad SMARTS) is 1. The fraction of sp³-hybridized carbons (Fsp3) is 0.156. The number of carbonyl (C=O) groups is 3. The Kier molecular flexibility index (Phi) is 8.06. The molecule has 2 amide bonds. The number of hydrogen-bond acceptors (Lipinski definition) is 5. The summed E-state index contributed by atoms with van der Waals surface area (Å²) in [4.78, 5) is 43.5. The highest BCUT2D eigenvalue weighted by atomic mass is 16.4. The van der Waals surface area contributed by atoms with Crippen molar-refractivity contribution in [3.8, 4) is 0 Å². The van der Waals surface area contributed by atoms with Crippen LogP contribution >= 0.6 is 0 Å². The molecule has 5 rings (SSSR count). The van der Waals surface area contributed by atoms with Crippen molar-refractivity contribution < 1.29 is 19.5 Å². The zero-order valence-electron chi connectivity index (χ0n) is 21.8. The van der Waals surface area contributed by atoms with Crippen LogP contribution in [0.2, 0.25) is 0 Å².